The van der Waals surface area contributed by atoms with Crippen molar-refractivity contribution >= 4 is 23.0 Å². The molecule has 3 aromatic carbocycles. The van der Waals surface area contributed by atoms with Crippen molar-refractivity contribution in [1.29, 1.82) is 0 Å². The van der Waals surface area contributed by atoms with Crippen molar-refractivity contribution in [3.05, 3.63) is 113 Å². The summed E-state index contributed by atoms with van der Waals surface area (Å²) < 4.78 is 0. The maximum absolute atomic E-state index is 13.6. The van der Waals surface area contributed by atoms with Crippen LogP contribution in [-0.2, 0) is 10.2 Å². The molecule has 124 valence electrons. The Labute approximate surface area is 153 Å². The van der Waals surface area contributed by atoms with E-state index in [1.54, 1.807) is 6.08 Å². The molecule has 1 atom stereocenters. The van der Waals surface area contributed by atoms with Crippen molar-refractivity contribution in [3.8, 4) is 0 Å². The van der Waals surface area contributed by atoms with Gasteiger partial charge in [-0.25, -0.2) is 0 Å². The Balaban J connectivity index is 1.95. The van der Waals surface area contributed by atoms with Crippen molar-refractivity contribution in [3.63, 3.8) is 0 Å². The van der Waals surface area contributed by atoms with E-state index in [0.29, 0.717) is 0 Å². The van der Waals surface area contributed by atoms with Crippen molar-refractivity contribution in [2.24, 2.45) is 0 Å². The average molecular weight is 334 g/mol. The van der Waals surface area contributed by atoms with Gasteiger partial charge >= 0.3 is 0 Å². The molecule has 0 aliphatic heterocycles. The number of carbonyl (C=O) groups is 1. The Morgan fingerprint density at radius 1 is 0.692 bits per heavy atom. The molecular formula is C25H18O. The number of fused-ring (bicyclic) bond motifs is 4. The fourth-order valence-electron chi connectivity index (χ4n) is 4.67. The zero-order valence-electron chi connectivity index (χ0n) is 14.6. The van der Waals surface area contributed by atoms with Crippen LogP contribution >= 0.6 is 0 Å². The molecule has 0 unspecified atom stereocenters. The number of carbonyl (C=O) groups excluding carboxylic acids is 1. The fraction of sp³-hybridized carbons (Fsp3) is 0.0800. The number of hydrogen-bond donors (Lipinski definition) is 0. The average Bonchev–Trinajstić information content (AvgIpc) is 2.96. The van der Waals surface area contributed by atoms with Gasteiger partial charge in [0.1, 0.15) is 5.41 Å². The lowest BCUT2D eigenvalue weighted by molar-refractivity contribution is -0.116. The molecule has 2 aliphatic carbocycles. The Hall–Kier alpha value is -3.19. The van der Waals surface area contributed by atoms with E-state index in [4.69, 9.17) is 0 Å². The lowest BCUT2D eigenvalue weighted by Gasteiger charge is -2.36. The van der Waals surface area contributed by atoms with Crippen LogP contribution in [-0.4, -0.2) is 5.78 Å². The molecule has 0 aromatic heterocycles. The highest BCUT2D eigenvalue weighted by atomic mass is 16.1. The fourth-order valence-corrected chi connectivity index (χ4v) is 4.67. The summed E-state index contributed by atoms with van der Waals surface area (Å²) in [6.07, 6.45) is 3.70. The van der Waals surface area contributed by atoms with Gasteiger partial charge in [-0.05, 0) is 52.0 Å². The second-order valence-corrected chi connectivity index (χ2v) is 6.95. The smallest absolute Gasteiger partial charge is 0.175 e. The normalized spacial score (nSPS) is 20.4. The Morgan fingerprint density at radius 2 is 1.35 bits per heavy atom. The minimum atomic E-state index is -0.757. The summed E-state index contributed by atoms with van der Waals surface area (Å²) in [7, 11) is 0. The molecular weight excluding hydrogens is 316 g/mol. The van der Waals surface area contributed by atoms with Crippen LogP contribution in [0, 0.1) is 0 Å². The molecule has 0 fully saturated rings. The summed E-state index contributed by atoms with van der Waals surface area (Å²) in [6, 6.07) is 26.9. The van der Waals surface area contributed by atoms with Crippen molar-refractivity contribution in [2.75, 3.05) is 0 Å². The summed E-state index contributed by atoms with van der Waals surface area (Å²) in [5, 5.41) is 0. The molecule has 3 aromatic rings. The molecule has 5 rings (SSSR count). The van der Waals surface area contributed by atoms with Crippen molar-refractivity contribution < 1.29 is 4.79 Å². The maximum atomic E-state index is 13.6. The predicted molar refractivity (Wildman–Crippen MR) is 107 cm³/mol. The summed E-state index contributed by atoms with van der Waals surface area (Å²) >= 11 is 0. The third kappa shape index (κ3) is 1.78. The van der Waals surface area contributed by atoms with Crippen LogP contribution in [0.4, 0.5) is 0 Å². The largest absolute Gasteiger partial charge is 0.293 e. The highest BCUT2D eigenvalue weighted by molar-refractivity contribution is 6.22. The van der Waals surface area contributed by atoms with Gasteiger partial charge in [0.05, 0.1) is 0 Å². The SMILES string of the molecule is CC1=C(c2ccccc2)[C@@]2(C(=O)C=Cc3ccccc32)c2ccccc21. The molecule has 0 bridgehead atoms. The first-order chi connectivity index (χ1) is 12.7. The Bertz CT molecular complexity index is 1100. The minimum Gasteiger partial charge on any atom is -0.293 e. The van der Waals surface area contributed by atoms with Crippen molar-refractivity contribution in [1.82, 2.24) is 0 Å². The quantitative estimate of drug-likeness (QED) is 0.573. The van der Waals surface area contributed by atoms with Crippen LogP contribution in [0.3, 0.4) is 0 Å². The molecule has 26 heavy (non-hydrogen) atoms. The second-order valence-electron chi connectivity index (χ2n) is 6.95. The second kappa shape index (κ2) is 5.40. The molecule has 0 radical (unpaired) electrons. The van der Waals surface area contributed by atoms with E-state index in [9.17, 15) is 4.79 Å². The molecule has 1 spiro atoms. The van der Waals surface area contributed by atoms with E-state index in [1.807, 2.05) is 42.5 Å². The molecule has 0 heterocycles. The lowest BCUT2D eigenvalue weighted by Crippen LogP contribution is -2.38. The standard InChI is InChI=1S/C25H18O/c1-17-20-12-6-8-14-22(20)25(24(17)19-10-3-2-4-11-19)21-13-7-5-9-18(21)15-16-23(25)26/h2-16H,1H3/t25-/m1/s1. The molecule has 1 nitrogen and oxygen atoms in total. The van der Waals surface area contributed by atoms with E-state index in [-0.39, 0.29) is 5.78 Å². The van der Waals surface area contributed by atoms with Crippen LogP contribution in [0.5, 0.6) is 0 Å². The van der Waals surface area contributed by atoms with Gasteiger partial charge in [-0.3, -0.25) is 4.79 Å². The van der Waals surface area contributed by atoms with Gasteiger partial charge in [-0.15, -0.1) is 0 Å². The molecule has 1 heteroatoms. The van der Waals surface area contributed by atoms with Crippen LogP contribution in [0.1, 0.15) is 34.7 Å². The molecule has 0 saturated carbocycles. The summed E-state index contributed by atoms with van der Waals surface area (Å²) in [5.41, 5.74) is 7.11. The number of rotatable bonds is 1. The predicted octanol–water partition coefficient (Wildman–Crippen LogP) is 5.51. The van der Waals surface area contributed by atoms with Crippen molar-refractivity contribution in [2.45, 2.75) is 12.3 Å². The summed E-state index contributed by atoms with van der Waals surface area (Å²) in [6.45, 7) is 2.14. The minimum absolute atomic E-state index is 0.138. The Morgan fingerprint density at radius 3 is 2.15 bits per heavy atom. The first kappa shape index (κ1) is 15.1. The maximum Gasteiger partial charge on any atom is 0.175 e. The van der Waals surface area contributed by atoms with Gasteiger partial charge in [0, 0.05) is 0 Å². The number of benzene rings is 3. The summed E-state index contributed by atoms with van der Waals surface area (Å²) in [5.74, 6) is 0.138. The van der Waals surface area contributed by atoms with E-state index in [0.717, 1.165) is 27.8 Å². The third-order valence-electron chi connectivity index (χ3n) is 5.70. The molecule has 2 aliphatic rings. The van der Waals surface area contributed by atoms with E-state index < -0.39 is 5.41 Å². The monoisotopic (exact) mass is 334 g/mol. The van der Waals surface area contributed by atoms with Gasteiger partial charge in [-0.1, -0.05) is 84.9 Å². The highest BCUT2D eigenvalue weighted by Crippen LogP contribution is 2.57. The zero-order chi connectivity index (χ0) is 17.7. The molecule has 0 saturated heterocycles. The zero-order valence-corrected chi connectivity index (χ0v) is 14.6. The summed E-state index contributed by atoms with van der Waals surface area (Å²) in [4.78, 5) is 13.6. The van der Waals surface area contributed by atoms with Crippen LogP contribution < -0.4 is 0 Å². The first-order valence-corrected chi connectivity index (χ1v) is 8.93. The van der Waals surface area contributed by atoms with Crippen LogP contribution in [0.2, 0.25) is 0 Å². The molecule has 0 amide bonds. The topological polar surface area (TPSA) is 17.1 Å². The number of ketones is 1. The first-order valence-electron chi connectivity index (χ1n) is 8.93. The third-order valence-corrected chi connectivity index (χ3v) is 5.70. The van der Waals surface area contributed by atoms with E-state index >= 15 is 0 Å². The molecule has 0 N–H and O–H groups in total. The van der Waals surface area contributed by atoms with E-state index in [2.05, 4.69) is 49.4 Å². The van der Waals surface area contributed by atoms with Gasteiger partial charge in [-0.2, -0.15) is 0 Å². The van der Waals surface area contributed by atoms with Gasteiger partial charge < -0.3 is 0 Å². The number of allylic oxidation sites excluding steroid dienone is 3. The number of hydrogen-bond acceptors (Lipinski definition) is 1. The van der Waals surface area contributed by atoms with Gasteiger partial charge in [0.25, 0.3) is 0 Å². The van der Waals surface area contributed by atoms with E-state index in [1.165, 1.54) is 11.1 Å². The highest BCUT2D eigenvalue weighted by Gasteiger charge is 2.52. The lowest BCUT2D eigenvalue weighted by atomic mass is 9.63. The Kier molecular flexibility index (Phi) is 3.14. The van der Waals surface area contributed by atoms with Gasteiger partial charge in [0.15, 0.2) is 5.78 Å². The van der Waals surface area contributed by atoms with Gasteiger partial charge in [0.2, 0.25) is 0 Å². The van der Waals surface area contributed by atoms with Crippen LogP contribution in [0.15, 0.2) is 84.9 Å². The van der Waals surface area contributed by atoms with Crippen LogP contribution in [0.25, 0.3) is 17.2 Å².